The Morgan fingerprint density at radius 3 is 2.60 bits per heavy atom. The van der Waals surface area contributed by atoms with Gasteiger partial charge < -0.3 is 37.2 Å². The first-order valence-corrected chi connectivity index (χ1v) is 14.5. The third-order valence-electron chi connectivity index (χ3n) is 9.31. The number of amides is 4. The van der Waals surface area contributed by atoms with Crippen LogP contribution in [0.2, 0.25) is 0 Å². The molecule has 16 heteroatoms. The second kappa shape index (κ2) is 9.84. The third kappa shape index (κ3) is 4.30. The van der Waals surface area contributed by atoms with Gasteiger partial charge in [-0.1, -0.05) is 30.3 Å². The molecule has 45 heavy (non-hydrogen) atoms. The standard InChI is InChI=1S/C29H31F2N9O5/c30-27(31)10-9-17-15(11-27)5-4-8-18(17)23(42)35-20-13-40-25(33)34-19(22-28(40,29(20,44)45)37-24(32)36-22)12-39-21(41)14-38(26(39)43)16-6-2-1-3-7-16/h1-8,19-20,22,44-45H,9-14H2,(H2,33,34)(H,35,42)(H3,32,36,37)/t19-,20?,22-,28-/m0/s1. The average molecular weight is 624 g/mol. The molecule has 1 spiro atoms. The minimum absolute atomic E-state index is 0.0129. The monoisotopic (exact) mass is 623 g/mol. The van der Waals surface area contributed by atoms with Crippen molar-refractivity contribution >= 4 is 35.5 Å². The van der Waals surface area contributed by atoms with Crippen LogP contribution < -0.4 is 27.0 Å². The molecular formula is C29H31F2N9O5. The molecule has 0 aromatic heterocycles. The van der Waals surface area contributed by atoms with Crippen molar-refractivity contribution < 1.29 is 33.4 Å². The lowest BCUT2D eigenvalue weighted by atomic mass is 9.84. The third-order valence-corrected chi connectivity index (χ3v) is 9.31. The van der Waals surface area contributed by atoms with E-state index in [0.29, 0.717) is 16.8 Å². The number of rotatable bonds is 5. The van der Waals surface area contributed by atoms with Crippen LogP contribution >= 0.6 is 0 Å². The number of carbonyl (C=O) groups excluding carboxylic acids is 3. The number of nitrogens with zero attached hydrogens (tertiary/aromatic N) is 5. The zero-order valence-electron chi connectivity index (χ0n) is 23.9. The molecule has 5 aliphatic rings. The molecule has 7 rings (SSSR count). The first kappa shape index (κ1) is 28.9. The summed E-state index contributed by atoms with van der Waals surface area (Å²) in [7, 11) is 0. The molecule has 4 amide bonds. The number of hydrogen-bond acceptors (Lipinski definition) is 11. The van der Waals surface area contributed by atoms with Gasteiger partial charge in [0.2, 0.25) is 5.79 Å². The predicted molar refractivity (Wildman–Crippen MR) is 156 cm³/mol. The number of alkyl halides is 2. The highest BCUT2D eigenvalue weighted by Crippen LogP contribution is 2.45. The van der Waals surface area contributed by atoms with Gasteiger partial charge in [0.15, 0.2) is 17.6 Å². The molecule has 1 aliphatic carbocycles. The van der Waals surface area contributed by atoms with Gasteiger partial charge in [-0.2, -0.15) is 0 Å². The van der Waals surface area contributed by atoms with Crippen LogP contribution in [0.15, 0.2) is 58.5 Å². The van der Waals surface area contributed by atoms with Gasteiger partial charge in [-0.05, 0) is 35.7 Å². The van der Waals surface area contributed by atoms with E-state index < -0.39 is 66.2 Å². The zero-order chi connectivity index (χ0) is 31.9. The number of imide groups is 1. The van der Waals surface area contributed by atoms with E-state index in [2.05, 4.69) is 20.6 Å². The second-order valence-electron chi connectivity index (χ2n) is 12.0. The Bertz CT molecular complexity index is 1670. The van der Waals surface area contributed by atoms with Gasteiger partial charge >= 0.3 is 6.03 Å². The van der Waals surface area contributed by atoms with Crippen molar-refractivity contribution in [1.29, 1.82) is 0 Å². The van der Waals surface area contributed by atoms with E-state index in [1.54, 1.807) is 36.4 Å². The molecule has 1 unspecified atom stereocenters. The van der Waals surface area contributed by atoms with Gasteiger partial charge in [0.05, 0.1) is 12.6 Å². The number of aliphatic hydroxyl groups is 2. The van der Waals surface area contributed by atoms with Crippen LogP contribution in [0.25, 0.3) is 0 Å². The predicted octanol–water partition coefficient (Wildman–Crippen LogP) is -0.946. The van der Waals surface area contributed by atoms with Crippen molar-refractivity contribution in [2.45, 2.75) is 54.8 Å². The number of halogens is 2. The molecule has 14 nitrogen and oxygen atoms in total. The van der Waals surface area contributed by atoms with Crippen molar-refractivity contribution in [3.8, 4) is 0 Å². The Hall–Kier alpha value is -4.83. The van der Waals surface area contributed by atoms with E-state index in [4.69, 9.17) is 11.5 Å². The lowest BCUT2D eigenvalue weighted by Gasteiger charge is -2.49. The highest BCUT2D eigenvalue weighted by molar-refractivity contribution is 6.12. The molecule has 2 aromatic carbocycles. The number of nitrogens with two attached hydrogens (primary N) is 2. The van der Waals surface area contributed by atoms with Crippen LogP contribution in [0.3, 0.4) is 0 Å². The van der Waals surface area contributed by atoms with E-state index in [-0.39, 0.29) is 43.5 Å². The Balaban J connectivity index is 1.16. The van der Waals surface area contributed by atoms with E-state index in [1.165, 1.54) is 21.9 Å². The zero-order valence-corrected chi connectivity index (χ0v) is 23.9. The Kier molecular flexibility index (Phi) is 6.32. The first-order chi connectivity index (χ1) is 21.3. The van der Waals surface area contributed by atoms with Gasteiger partial charge in [0.1, 0.15) is 18.6 Å². The number of fused-ring (bicyclic) bond motifs is 1. The maximum atomic E-state index is 14.0. The normalized spacial score (nSPS) is 29.4. The van der Waals surface area contributed by atoms with Gasteiger partial charge in [0.25, 0.3) is 17.7 Å². The second-order valence-corrected chi connectivity index (χ2v) is 12.0. The van der Waals surface area contributed by atoms with E-state index in [9.17, 15) is 33.4 Å². The summed E-state index contributed by atoms with van der Waals surface area (Å²) in [6.45, 7) is -0.711. The minimum atomic E-state index is -2.87. The average Bonchev–Trinajstić information content (AvgIpc) is 3.57. The maximum absolute atomic E-state index is 14.0. The molecule has 0 saturated carbocycles. The number of benzene rings is 2. The van der Waals surface area contributed by atoms with E-state index in [1.807, 2.05) is 0 Å². The highest BCUT2D eigenvalue weighted by atomic mass is 19.3. The molecule has 0 radical (unpaired) electrons. The van der Waals surface area contributed by atoms with Crippen LogP contribution in [-0.2, 0) is 17.6 Å². The van der Waals surface area contributed by atoms with Crippen molar-refractivity contribution in [2.75, 3.05) is 24.5 Å². The number of urea groups is 1. The Labute approximate surface area is 255 Å². The molecule has 8 N–H and O–H groups in total. The quantitative estimate of drug-likeness (QED) is 0.179. The van der Waals surface area contributed by atoms with Crippen molar-refractivity contribution in [3.05, 3.63) is 65.2 Å². The lowest BCUT2D eigenvalue weighted by Crippen LogP contribution is -2.78. The van der Waals surface area contributed by atoms with E-state index in [0.717, 1.165) is 4.90 Å². The van der Waals surface area contributed by atoms with Crippen LogP contribution in [0, 0.1) is 0 Å². The van der Waals surface area contributed by atoms with Gasteiger partial charge in [-0.3, -0.25) is 19.4 Å². The smallest absolute Gasteiger partial charge is 0.331 e. The fraction of sp³-hybridized carbons (Fsp3) is 0.414. The van der Waals surface area contributed by atoms with Gasteiger partial charge in [-0.15, -0.1) is 0 Å². The molecule has 2 saturated heterocycles. The summed E-state index contributed by atoms with van der Waals surface area (Å²) in [4.78, 5) is 52.3. The molecule has 236 valence electrons. The summed E-state index contributed by atoms with van der Waals surface area (Å²) in [5.74, 6) is -7.14. The van der Waals surface area contributed by atoms with Crippen LogP contribution in [0.5, 0.6) is 0 Å². The number of carbonyl (C=O) groups is 3. The van der Waals surface area contributed by atoms with Crippen molar-refractivity contribution in [2.24, 2.45) is 21.5 Å². The Morgan fingerprint density at radius 2 is 1.84 bits per heavy atom. The first-order valence-electron chi connectivity index (χ1n) is 14.5. The topological polar surface area (TPSA) is 202 Å². The van der Waals surface area contributed by atoms with Crippen molar-refractivity contribution in [1.82, 2.24) is 20.4 Å². The summed E-state index contributed by atoms with van der Waals surface area (Å²) in [5.41, 5.74) is 12.0. The summed E-state index contributed by atoms with van der Waals surface area (Å²) in [6, 6.07) is 9.07. The minimum Gasteiger partial charge on any atom is -0.370 e. The SMILES string of the molecule is NC1=N[C@H]2[C@H](CN3C(=O)CN(c4ccccc4)C3=O)N=C(N)N3CC(NC(=O)c4cccc5c4CCC(F)(F)C5)C(O)(O)[C@]23N1. The highest BCUT2D eigenvalue weighted by Gasteiger charge is 2.73. The molecule has 4 atom stereocenters. The molecule has 2 fully saturated rings. The summed E-state index contributed by atoms with van der Waals surface area (Å²) in [6.07, 6.45) is -0.910. The molecule has 4 heterocycles. The number of guanidine groups is 2. The molecule has 2 aromatic rings. The number of nitrogens with one attached hydrogen (secondary N) is 2. The largest absolute Gasteiger partial charge is 0.370 e. The summed E-state index contributed by atoms with van der Waals surface area (Å²) >= 11 is 0. The Morgan fingerprint density at radius 1 is 1.09 bits per heavy atom. The number of aliphatic imine (C=N–C) groups is 2. The fourth-order valence-electron chi connectivity index (χ4n) is 7.17. The number of para-hydroxylation sites is 1. The number of anilines is 1. The molecule has 0 bridgehead atoms. The number of hydrogen-bond donors (Lipinski definition) is 6. The fourth-order valence-corrected chi connectivity index (χ4v) is 7.17. The van der Waals surface area contributed by atoms with Crippen LogP contribution in [0.4, 0.5) is 19.3 Å². The summed E-state index contributed by atoms with van der Waals surface area (Å²) in [5, 5.41) is 29.0. The lowest BCUT2D eigenvalue weighted by molar-refractivity contribution is -0.230. The molecule has 4 aliphatic heterocycles. The van der Waals surface area contributed by atoms with Crippen LogP contribution in [0.1, 0.15) is 27.9 Å². The van der Waals surface area contributed by atoms with E-state index >= 15 is 0 Å². The maximum Gasteiger partial charge on any atom is 0.331 e. The molecular weight excluding hydrogens is 592 g/mol. The van der Waals surface area contributed by atoms with Crippen LogP contribution in [-0.4, -0.2) is 105 Å². The van der Waals surface area contributed by atoms with Gasteiger partial charge in [-0.25, -0.2) is 23.6 Å². The van der Waals surface area contributed by atoms with Crippen molar-refractivity contribution in [3.63, 3.8) is 0 Å². The van der Waals surface area contributed by atoms with Gasteiger partial charge in [0, 0.05) is 30.6 Å². The summed E-state index contributed by atoms with van der Waals surface area (Å²) < 4.78 is 28.1.